The number of piperidine rings is 1. The number of aromatic amines is 1. The van der Waals surface area contributed by atoms with Crippen molar-refractivity contribution in [2.75, 3.05) is 32.1 Å². The molecule has 2 aromatic heterocycles. The van der Waals surface area contributed by atoms with Gasteiger partial charge in [0.15, 0.2) is 5.65 Å². The Kier molecular flexibility index (Phi) is 9.08. The molecule has 1 aromatic carbocycles. The molecule has 0 saturated carbocycles. The van der Waals surface area contributed by atoms with Gasteiger partial charge in [0.2, 0.25) is 5.95 Å². The summed E-state index contributed by atoms with van der Waals surface area (Å²) in [5.74, 6) is 1.68. The van der Waals surface area contributed by atoms with E-state index < -0.39 is 5.60 Å². The number of benzene rings is 1. The van der Waals surface area contributed by atoms with Gasteiger partial charge in [-0.05, 0) is 57.7 Å². The zero-order chi connectivity index (χ0) is 26.3. The number of imidazole rings is 1. The lowest BCUT2D eigenvalue weighted by molar-refractivity contribution is 0.0188. The number of nitrogens with two attached hydrogens (primary N) is 1. The summed E-state index contributed by atoms with van der Waals surface area (Å²) < 4.78 is 10.9. The number of aromatic nitrogens is 4. The fraction of sp³-hybridized carbons (Fsp3) is 0.538. The fourth-order valence-electron chi connectivity index (χ4n) is 4.09. The van der Waals surface area contributed by atoms with E-state index in [0.29, 0.717) is 43.7 Å². The number of nitrogens with one attached hydrogen (secondary N) is 2. The first-order chi connectivity index (χ1) is 17.3. The molecule has 0 unspecified atom stereocenters. The van der Waals surface area contributed by atoms with Gasteiger partial charge in [-0.25, -0.2) is 14.8 Å². The number of carbonyl (C=O) groups excluding carboxylic acids is 1. The van der Waals surface area contributed by atoms with Crippen molar-refractivity contribution in [3.8, 4) is 17.0 Å². The van der Waals surface area contributed by atoms with Gasteiger partial charge in [-0.1, -0.05) is 13.8 Å². The summed E-state index contributed by atoms with van der Waals surface area (Å²) in [5, 5.41) is 3.38. The van der Waals surface area contributed by atoms with Crippen LogP contribution in [0.15, 0.2) is 24.5 Å². The average molecular weight is 498 g/mol. The molecule has 0 spiro atoms. The molecule has 1 saturated heterocycles. The van der Waals surface area contributed by atoms with Crippen LogP contribution in [0.25, 0.3) is 22.4 Å². The Labute approximate surface area is 213 Å². The molecule has 1 aliphatic heterocycles. The number of anilines is 1. The minimum atomic E-state index is -0.482. The fourth-order valence-corrected chi connectivity index (χ4v) is 4.09. The van der Waals surface area contributed by atoms with E-state index in [1.54, 1.807) is 18.3 Å². The molecule has 196 valence electrons. The Morgan fingerprint density at radius 1 is 1.22 bits per heavy atom. The van der Waals surface area contributed by atoms with Gasteiger partial charge in [-0.15, -0.1) is 0 Å². The van der Waals surface area contributed by atoms with Crippen LogP contribution in [0.2, 0.25) is 0 Å². The quantitative estimate of drug-likeness (QED) is 0.451. The lowest BCUT2D eigenvalue weighted by atomic mass is 9.97. The molecule has 4 rings (SSSR count). The van der Waals surface area contributed by atoms with Crippen LogP contribution in [0.3, 0.4) is 0 Å². The maximum atomic E-state index is 12.3. The van der Waals surface area contributed by atoms with Gasteiger partial charge < -0.3 is 30.4 Å². The van der Waals surface area contributed by atoms with Crippen LogP contribution in [-0.4, -0.2) is 63.3 Å². The van der Waals surface area contributed by atoms with Crippen molar-refractivity contribution in [1.29, 1.82) is 0 Å². The smallest absolute Gasteiger partial charge is 0.410 e. The van der Waals surface area contributed by atoms with Gasteiger partial charge in [0.25, 0.3) is 0 Å². The predicted octanol–water partition coefficient (Wildman–Crippen LogP) is 4.57. The van der Waals surface area contributed by atoms with Crippen molar-refractivity contribution >= 4 is 23.2 Å². The van der Waals surface area contributed by atoms with Crippen molar-refractivity contribution in [3.63, 3.8) is 0 Å². The van der Waals surface area contributed by atoms with E-state index in [0.717, 1.165) is 40.9 Å². The Balaban J connectivity index is 0.00000176. The second kappa shape index (κ2) is 12.0. The average Bonchev–Trinajstić information content (AvgIpc) is 3.36. The summed E-state index contributed by atoms with van der Waals surface area (Å²) in [6.45, 7) is 12.1. The zero-order valence-electron chi connectivity index (χ0n) is 22.2. The molecule has 1 amide bonds. The predicted molar refractivity (Wildman–Crippen MR) is 142 cm³/mol. The Morgan fingerprint density at radius 2 is 1.94 bits per heavy atom. The highest BCUT2D eigenvalue weighted by Gasteiger charge is 2.27. The molecular weight excluding hydrogens is 458 g/mol. The minimum Gasteiger partial charge on any atom is -0.496 e. The van der Waals surface area contributed by atoms with Crippen molar-refractivity contribution in [2.45, 2.75) is 59.6 Å². The lowest BCUT2D eigenvalue weighted by Crippen LogP contribution is -2.42. The molecule has 1 aliphatic rings. The van der Waals surface area contributed by atoms with E-state index in [1.807, 2.05) is 52.8 Å². The molecule has 10 nitrogen and oxygen atoms in total. The van der Waals surface area contributed by atoms with E-state index in [2.05, 4.69) is 20.3 Å². The molecule has 4 N–H and O–H groups in total. The largest absolute Gasteiger partial charge is 0.496 e. The maximum absolute atomic E-state index is 12.3. The van der Waals surface area contributed by atoms with Gasteiger partial charge >= 0.3 is 6.09 Å². The third-order valence-corrected chi connectivity index (χ3v) is 5.87. The summed E-state index contributed by atoms with van der Waals surface area (Å²) in [6, 6.07) is 5.84. The molecule has 0 atom stereocenters. The number of amides is 1. The number of carbonyl (C=O) groups is 1. The van der Waals surface area contributed by atoms with E-state index in [9.17, 15) is 4.79 Å². The highest BCUT2D eigenvalue weighted by molar-refractivity contribution is 5.88. The first kappa shape index (κ1) is 27.2. The molecule has 0 radical (unpaired) electrons. The Morgan fingerprint density at radius 3 is 2.58 bits per heavy atom. The summed E-state index contributed by atoms with van der Waals surface area (Å²) in [4.78, 5) is 30.9. The maximum Gasteiger partial charge on any atom is 0.410 e. The molecule has 0 aliphatic carbocycles. The molecule has 3 aromatic rings. The molecule has 36 heavy (non-hydrogen) atoms. The molecule has 0 bridgehead atoms. The van der Waals surface area contributed by atoms with Crippen LogP contribution in [0, 0.1) is 5.92 Å². The summed E-state index contributed by atoms with van der Waals surface area (Å²) >= 11 is 0. The molecule has 10 heteroatoms. The van der Waals surface area contributed by atoms with Crippen LogP contribution in [0.4, 0.5) is 10.7 Å². The van der Waals surface area contributed by atoms with Crippen molar-refractivity contribution in [1.82, 2.24) is 24.8 Å². The summed E-state index contributed by atoms with van der Waals surface area (Å²) in [5.41, 5.74) is 9.35. The number of rotatable bonds is 6. The number of fused-ring (bicyclic) bond motifs is 1. The first-order valence-electron chi connectivity index (χ1n) is 12.6. The highest BCUT2D eigenvalue weighted by atomic mass is 16.6. The number of hydrogen-bond donors (Lipinski definition) is 3. The Bertz CT molecular complexity index is 1150. The summed E-state index contributed by atoms with van der Waals surface area (Å²) in [7, 11) is 1.63. The van der Waals surface area contributed by atoms with Crippen LogP contribution in [0.5, 0.6) is 5.75 Å². The second-order valence-corrected chi connectivity index (χ2v) is 9.52. The number of methoxy groups -OCH3 is 1. The number of hydrogen-bond acceptors (Lipinski definition) is 8. The minimum absolute atomic E-state index is 0.243. The van der Waals surface area contributed by atoms with Crippen molar-refractivity contribution in [3.05, 3.63) is 30.1 Å². The standard InChI is InChI=1S/C24H33N7O3.C2H6/c1-24(2,3)34-23(32)31-9-7-15(8-10-31)13-26-22-29-19(20-21(30-22)28-14-27-20)16-5-6-18(33-4)17(11-16)12-25;1-2/h5-6,11,14-15H,7-10,12-13,25H2,1-4H3,(H2,26,27,28,29,30);1-2H3. The molecular formula is C26H39N7O3. The van der Waals surface area contributed by atoms with Crippen molar-refractivity contribution < 1.29 is 14.3 Å². The van der Waals surface area contributed by atoms with Gasteiger partial charge in [0.1, 0.15) is 22.6 Å². The lowest BCUT2D eigenvalue weighted by Gasteiger charge is -2.33. The molecule has 3 heterocycles. The number of likely N-dealkylation sites (tertiary alicyclic amines) is 1. The summed E-state index contributed by atoms with van der Waals surface area (Å²) in [6.07, 6.45) is 3.16. The SMILES string of the molecule is CC.COc1ccc(-c2nc(NCC3CCN(C(=O)OC(C)(C)C)CC3)nc3nc[nH]c23)cc1CN. The first-order valence-corrected chi connectivity index (χ1v) is 12.6. The van der Waals surface area contributed by atoms with Crippen LogP contribution >= 0.6 is 0 Å². The number of ether oxygens (including phenoxy) is 2. The van der Waals surface area contributed by atoms with Crippen LogP contribution in [-0.2, 0) is 11.3 Å². The van der Waals surface area contributed by atoms with Gasteiger partial charge in [-0.3, -0.25) is 0 Å². The van der Waals surface area contributed by atoms with E-state index in [1.165, 1.54) is 0 Å². The third kappa shape index (κ3) is 6.63. The Hall–Kier alpha value is -3.40. The van der Waals surface area contributed by atoms with Gasteiger partial charge in [0.05, 0.1) is 13.4 Å². The zero-order valence-corrected chi connectivity index (χ0v) is 22.2. The van der Waals surface area contributed by atoms with Crippen LogP contribution < -0.4 is 15.8 Å². The normalized spacial score (nSPS) is 14.2. The number of nitrogens with zero attached hydrogens (tertiary/aromatic N) is 4. The van der Waals surface area contributed by atoms with E-state index in [4.69, 9.17) is 20.2 Å². The topological polar surface area (TPSA) is 131 Å². The monoisotopic (exact) mass is 497 g/mol. The van der Waals surface area contributed by atoms with Crippen molar-refractivity contribution in [2.24, 2.45) is 11.7 Å². The number of H-pyrrole nitrogens is 1. The third-order valence-electron chi connectivity index (χ3n) is 5.87. The van der Waals surface area contributed by atoms with Gasteiger partial charge in [0, 0.05) is 37.3 Å². The molecule has 1 fully saturated rings. The van der Waals surface area contributed by atoms with E-state index in [-0.39, 0.29) is 6.09 Å². The highest BCUT2D eigenvalue weighted by Crippen LogP contribution is 2.30. The second-order valence-electron chi connectivity index (χ2n) is 9.52. The van der Waals surface area contributed by atoms with E-state index >= 15 is 0 Å². The van der Waals surface area contributed by atoms with Gasteiger partial charge in [-0.2, -0.15) is 4.98 Å². The van der Waals surface area contributed by atoms with Crippen LogP contribution in [0.1, 0.15) is 53.0 Å².